The van der Waals surface area contributed by atoms with Gasteiger partial charge in [0.1, 0.15) is 5.82 Å². The summed E-state index contributed by atoms with van der Waals surface area (Å²) < 4.78 is 18.0. The molecule has 4 nitrogen and oxygen atoms in total. The van der Waals surface area contributed by atoms with Crippen molar-refractivity contribution >= 4 is 22.6 Å². The molecule has 0 aliphatic rings. The molecule has 2 aromatic rings. The second-order valence-electron chi connectivity index (χ2n) is 2.60. The van der Waals surface area contributed by atoms with Crippen LogP contribution in [0.5, 0.6) is 0 Å². The largest absolute Gasteiger partial charge is 0.439 e. The van der Waals surface area contributed by atoms with Crippen LogP contribution in [0.25, 0.3) is 11.4 Å². The van der Waals surface area contributed by atoms with Gasteiger partial charge in [-0.15, -0.1) is 0 Å². The molecule has 0 unspecified atom stereocenters. The third-order valence-corrected chi connectivity index (χ3v) is 2.20. The minimum absolute atomic E-state index is 0.229. The van der Waals surface area contributed by atoms with E-state index in [1.54, 1.807) is 6.07 Å². The second kappa shape index (κ2) is 3.52. The van der Waals surface area contributed by atoms with Gasteiger partial charge in [0.25, 0.3) is 0 Å². The van der Waals surface area contributed by atoms with E-state index in [1.165, 1.54) is 12.1 Å². The Morgan fingerprint density at radius 3 is 2.79 bits per heavy atom. The zero-order valence-electron chi connectivity index (χ0n) is 6.75. The number of halogens is 2. The van der Waals surface area contributed by atoms with Crippen LogP contribution in [0.2, 0.25) is 0 Å². The maximum Gasteiger partial charge on any atom is 0.439 e. The number of benzene rings is 1. The third-order valence-electron chi connectivity index (χ3n) is 1.58. The number of rotatable bonds is 1. The van der Waals surface area contributed by atoms with Gasteiger partial charge in [-0.1, -0.05) is 5.16 Å². The Labute approximate surface area is 91.3 Å². The highest BCUT2D eigenvalue weighted by molar-refractivity contribution is 14.1. The normalized spacial score (nSPS) is 10.4. The van der Waals surface area contributed by atoms with Crippen LogP contribution in [-0.2, 0) is 0 Å². The summed E-state index contributed by atoms with van der Waals surface area (Å²) >= 11 is 1.97. The van der Waals surface area contributed by atoms with Crippen molar-refractivity contribution < 1.29 is 8.91 Å². The van der Waals surface area contributed by atoms with Crippen molar-refractivity contribution in [2.24, 2.45) is 0 Å². The number of aromatic amines is 1. The molecular formula is C8H4FIN2O2. The van der Waals surface area contributed by atoms with E-state index >= 15 is 0 Å². The summed E-state index contributed by atoms with van der Waals surface area (Å²) in [5, 5.41) is 3.46. The molecule has 0 saturated carbocycles. The first-order chi connectivity index (χ1) is 6.65. The molecule has 0 saturated heterocycles. The summed E-state index contributed by atoms with van der Waals surface area (Å²) in [6.45, 7) is 0. The molecule has 0 bridgehead atoms. The summed E-state index contributed by atoms with van der Waals surface area (Å²) in [5.74, 6) is -0.803. The Hall–Kier alpha value is -1.18. The first-order valence-electron chi connectivity index (χ1n) is 3.67. The average Bonchev–Trinajstić information content (AvgIpc) is 2.50. The highest BCUT2D eigenvalue weighted by atomic mass is 127. The molecule has 0 spiro atoms. The van der Waals surface area contributed by atoms with Gasteiger partial charge in [-0.3, -0.25) is 9.51 Å². The topological polar surface area (TPSA) is 58.9 Å². The molecule has 0 amide bonds. The summed E-state index contributed by atoms with van der Waals surface area (Å²) in [7, 11) is 0. The summed E-state index contributed by atoms with van der Waals surface area (Å²) in [5.41, 5.74) is 0.486. The Morgan fingerprint density at radius 1 is 1.43 bits per heavy atom. The van der Waals surface area contributed by atoms with Crippen LogP contribution >= 0.6 is 22.6 Å². The van der Waals surface area contributed by atoms with E-state index < -0.39 is 5.76 Å². The molecule has 0 aliphatic heterocycles. The fourth-order valence-corrected chi connectivity index (χ4v) is 1.68. The van der Waals surface area contributed by atoms with E-state index in [-0.39, 0.29) is 11.6 Å². The van der Waals surface area contributed by atoms with Crippen LogP contribution in [-0.4, -0.2) is 10.1 Å². The lowest BCUT2D eigenvalue weighted by Gasteiger charge is -1.96. The average molecular weight is 306 g/mol. The summed E-state index contributed by atoms with van der Waals surface area (Å²) in [6, 6.07) is 4.34. The van der Waals surface area contributed by atoms with Crippen LogP contribution < -0.4 is 5.76 Å². The molecule has 1 aromatic heterocycles. The number of hydrogen-bond donors (Lipinski definition) is 1. The molecule has 14 heavy (non-hydrogen) atoms. The first-order valence-corrected chi connectivity index (χ1v) is 4.75. The third kappa shape index (κ3) is 1.84. The van der Waals surface area contributed by atoms with Gasteiger partial charge < -0.3 is 0 Å². The van der Waals surface area contributed by atoms with E-state index in [0.29, 0.717) is 5.56 Å². The van der Waals surface area contributed by atoms with Crippen LogP contribution in [0.4, 0.5) is 4.39 Å². The highest BCUT2D eigenvalue weighted by Crippen LogP contribution is 2.18. The maximum absolute atomic E-state index is 13.0. The Morgan fingerprint density at radius 2 is 2.21 bits per heavy atom. The van der Waals surface area contributed by atoms with Gasteiger partial charge in [0, 0.05) is 9.13 Å². The fraction of sp³-hybridized carbons (Fsp3) is 0. The highest BCUT2D eigenvalue weighted by Gasteiger charge is 2.06. The van der Waals surface area contributed by atoms with E-state index in [1.807, 2.05) is 22.6 Å². The zero-order chi connectivity index (χ0) is 10.1. The maximum atomic E-state index is 13.0. The molecule has 0 atom stereocenters. The SMILES string of the molecule is O=c1[nH]c(-c2cc(F)cc(I)c2)no1. The minimum Gasteiger partial charge on any atom is -0.296 e. The van der Waals surface area contributed by atoms with Crippen molar-refractivity contribution in [3.05, 3.63) is 38.1 Å². The van der Waals surface area contributed by atoms with E-state index in [2.05, 4.69) is 14.7 Å². The van der Waals surface area contributed by atoms with Gasteiger partial charge in [-0.05, 0) is 40.8 Å². The molecule has 72 valence electrons. The van der Waals surface area contributed by atoms with Crippen LogP contribution in [0.1, 0.15) is 0 Å². The number of nitrogens with zero attached hydrogens (tertiary/aromatic N) is 1. The van der Waals surface area contributed by atoms with Gasteiger partial charge in [-0.25, -0.2) is 9.18 Å². The van der Waals surface area contributed by atoms with Crippen molar-refractivity contribution in [3.63, 3.8) is 0 Å². The Balaban J connectivity index is 2.56. The first kappa shape index (κ1) is 9.38. The Bertz CT molecular complexity index is 500. The lowest BCUT2D eigenvalue weighted by atomic mass is 10.2. The standard InChI is InChI=1S/C8H4FIN2O2/c9-5-1-4(2-6(10)3-5)7-11-8(13)14-12-7/h1-3H,(H,11,12,13). The van der Waals surface area contributed by atoms with E-state index in [9.17, 15) is 9.18 Å². The van der Waals surface area contributed by atoms with Gasteiger partial charge in [-0.2, -0.15) is 0 Å². The van der Waals surface area contributed by atoms with Crippen molar-refractivity contribution in [2.45, 2.75) is 0 Å². The summed E-state index contributed by atoms with van der Waals surface area (Å²) in [6.07, 6.45) is 0. The number of H-pyrrole nitrogens is 1. The van der Waals surface area contributed by atoms with Crippen molar-refractivity contribution in [1.82, 2.24) is 10.1 Å². The molecule has 0 fully saturated rings. The van der Waals surface area contributed by atoms with E-state index in [0.717, 1.165) is 3.57 Å². The van der Waals surface area contributed by atoms with E-state index in [4.69, 9.17) is 0 Å². The fourth-order valence-electron chi connectivity index (χ4n) is 1.04. The van der Waals surface area contributed by atoms with Crippen molar-refractivity contribution in [2.75, 3.05) is 0 Å². The predicted octanol–water partition coefficient (Wildman–Crippen LogP) is 1.77. The molecule has 1 heterocycles. The van der Waals surface area contributed by atoms with Gasteiger partial charge >= 0.3 is 5.76 Å². The molecule has 2 rings (SSSR count). The van der Waals surface area contributed by atoms with Gasteiger partial charge in [0.2, 0.25) is 0 Å². The molecule has 0 radical (unpaired) electrons. The zero-order valence-corrected chi connectivity index (χ0v) is 8.91. The molecule has 6 heteroatoms. The minimum atomic E-state index is -0.653. The molecule has 0 aliphatic carbocycles. The summed E-state index contributed by atoms with van der Waals surface area (Å²) in [4.78, 5) is 13.0. The number of aromatic nitrogens is 2. The van der Waals surface area contributed by atoms with Crippen LogP contribution in [0, 0.1) is 9.39 Å². The van der Waals surface area contributed by atoms with Crippen LogP contribution in [0.3, 0.4) is 0 Å². The second-order valence-corrected chi connectivity index (χ2v) is 3.85. The predicted molar refractivity (Wildman–Crippen MR) is 55.2 cm³/mol. The number of hydrogen-bond acceptors (Lipinski definition) is 3. The van der Waals surface area contributed by atoms with Gasteiger partial charge in [0.05, 0.1) is 0 Å². The monoisotopic (exact) mass is 306 g/mol. The van der Waals surface area contributed by atoms with Crippen LogP contribution in [0.15, 0.2) is 27.5 Å². The lowest BCUT2D eigenvalue weighted by Crippen LogP contribution is -1.95. The number of nitrogens with one attached hydrogen (secondary N) is 1. The Kier molecular flexibility index (Phi) is 2.36. The van der Waals surface area contributed by atoms with Crippen molar-refractivity contribution in [3.8, 4) is 11.4 Å². The molecule has 1 aromatic carbocycles. The van der Waals surface area contributed by atoms with Gasteiger partial charge in [0.15, 0.2) is 5.82 Å². The molecular weight excluding hydrogens is 302 g/mol. The molecule has 1 N–H and O–H groups in total. The smallest absolute Gasteiger partial charge is 0.296 e. The van der Waals surface area contributed by atoms with Crippen molar-refractivity contribution in [1.29, 1.82) is 0 Å². The lowest BCUT2D eigenvalue weighted by molar-refractivity contribution is 0.388. The quantitative estimate of drug-likeness (QED) is 0.817.